The van der Waals surface area contributed by atoms with Gasteiger partial charge in [0.05, 0.1) is 17.2 Å². The summed E-state index contributed by atoms with van der Waals surface area (Å²) in [5.41, 5.74) is 0.434. The van der Waals surface area contributed by atoms with Crippen molar-refractivity contribution < 1.29 is 9.53 Å². The van der Waals surface area contributed by atoms with Crippen LogP contribution >= 0.6 is 0 Å². The third kappa shape index (κ3) is 4.19. The molecule has 0 unspecified atom stereocenters. The van der Waals surface area contributed by atoms with Gasteiger partial charge < -0.3 is 10.1 Å². The summed E-state index contributed by atoms with van der Waals surface area (Å²) in [4.78, 5) is 33.3. The van der Waals surface area contributed by atoms with Crippen LogP contribution in [0.25, 0.3) is 10.9 Å². The number of para-hydroxylation sites is 1. The molecule has 0 radical (unpaired) electrons. The standard InChI is InChI=1S/C21H22N4O3/c26-19(13-25-14-23-18-6-2-1-5-17(18)21(25)27)24-15-8-10-16(11-9-15)28-20-7-3-4-12-22-20/h1-7,12,14-16H,8-11,13H2,(H,24,26). The van der Waals surface area contributed by atoms with Crippen LogP contribution in [0.5, 0.6) is 5.88 Å². The first kappa shape index (κ1) is 18.2. The van der Waals surface area contributed by atoms with Crippen molar-refractivity contribution in [1.82, 2.24) is 19.9 Å². The maximum Gasteiger partial charge on any atom is 0.261 e. The van der Waals surface area contributed by atoms with Crippen LogP contribution in [-0.4, -0.2) is 32.6 Å². The summed E-state index contributed by atoms with van der Waals surface area (Å²) in [6.45, 7) is -0.0268. The van der Waals surface area contributed by atoms with E-state index in [0.29, 0.717) is 16.8 Å². The Bertz CT molecular complexity index is 1010. The molecule has 0 bridgehead atoms. The van der Waals surface area contributed by atoms with Crippen molar-refractivity contribution in [1.29, 1.82) is 0 Å². The number of ether oxygens (including phenoxy) is 1. The molecule has 1 amide bonds. The molecule has 1 fully saturated rings. The second kappa shape index (κ2) is 8.21. The van der Waals surface area contributed by atoms with Gasteiger partial charge in [-0.25, -0.2) is 9.97 Å². The molecule has 144 valence electrons. The van der Waals surface area contributed by atoms with Crippen molar-refractivity contribution in [3.63, 3.8) is 0 Å². The molecule has 3 aromatic rings. The van der Waals surface area contributed by atoms with E-state index in [2.05, 4.69) is 15.3 Å². The maximum atomic E-state index is 12.5. The molecule has 7 heteroatoms. The van der Waals surface area contributed by atoms with Crippen molar-refractivity contribution in [2.75, 3.05) is 0 Å². The minimum absolute atomic E-state index is 0.0268. The number of pyridine rings is 1. The van der Waals surface area contributed by atoms with E-state index in [-0.39, 0.29) is 30.2 Å². The summed E-state index contributed by atoms with van der Waals surface area (Å²) >= 11 is 0. The predicted molar refractivity (Wildman–Crippen MR) is 105 cm³/mol. The molecule has 0 aliphatic heterocycles. The van der Waals surface area contributed by atoms with Crippen molar-refractivity contribution in [2.24, 2.45) is 0 Å². The minimum Gasteiger partial charge on any atom is -0.474 e. The van der Waals surface area contributed by atoms with Crippen molar-refractivity contribution in [2.45, 2.75) is 44.4 Å². The maximum absolute atomic E-state index is 12.5. The molecule has 7 nitrogen and oxygen atoms in total. The minimum atomic E-state index is -0.201. The highest BCUT2D eigenvalue weighted by molar-refractivity contribution is 5.79. The number of benzene rings is 1. The van der Waals surface area contributed by atoms with Crippen LogP contribution < -0.4 is 15.6 Å². The Labute approximate surface area is 162 Å². The lowest BCUT2D eigenvalue weighted by atomic mass is 9.93. The second-order valence-corrected chi connectivity index (χ2v) is 7.02. The molecule has 0 atom stereocenters. The Morgan fingerprint density at radius 3 is 2.64 bits per heavy atom. The van der Waals surface area contributed by atoms with Crippen molar-refractivity contribution in [3.05, 3.63) is 65.3 Å². The van der Waals surface area contributed by atoms with Gasteiger partial charge in [-0.3, -0.25) is 14.2 Å². The number of amides is 1. The van der Waals surface area contributed by atoms with E-state index >= 15 is 0 Å². The van der Waals surface area contributed by atoms with E-state index in [1.807, 2.05) is 24.3 Å². The zero-order valence-corrected chi connectivity index (χ0v) is 15.5. The van der Waals surface area contributed by atoms with E-state index in [1.54, 1.807) is 24.4 Å². The van der Waals surface area contributed by atoms with E-state index in [9.17, 15) is 9.59 Å². The molecule has 0 spiro atoms. The van der Waals surface area contributed by atoms with E-state index < -0.39 is 0 Å². The van der Waals surface area contributed by atoms with Crippen LogP contribution in [0.2, 0.25) is 0 Å². The van der Waals surface area contributed by atoms with Crippen LogP contribution in [0.4, 0.5) is 0 Å². The summed E-state index contributed by atoms with van der Waals surface area (Å²) in [5, 5.41) is 3.55. The highest BCUT2D eigenvalue weighted by Crippen LogP contribution is 2.22. The molecule has 1 aromatic carbocycles. The third-order valence-electron chi connectivity index (χ3n) is 5.01. The van der Waals surface area contributed by atoms with Gasteiger partial charge in [-0.1, -0.05) is 18.2 Å². The molecule has 0 saturated heterocycles. The molecule has 2 heterocycles. The molecule has 28 heavy (non-hydrogen) atoms. The van der Waals surface area contributed by atoms with E-state index in [4.69, 9.17) is 4.74 Å². The average molecular weight is 378 g/mol. The Morgan fingerprint density at radius 2 is 1.86 bits per heavy atom. The van der Waals surface area contributed by atoms with Crippen LogP contribution in [0.15, 0.2) is 59.8 Å². The fraction of sp³-hybridized carbons (Fsp3) is 0.333. The SMILES string of the molecule is O=C(Cn1cnc2ccccc2c1=O)NC1CCC(Oc2ccccn2)CC1. The number of nitrogens with one attached hydrogen (secondary N) is 1. The van der Waals surface area contributed by atoms with Crippen LogP contribution in [-0.2, 0) is 11.3 Å². The lowest BCUT2D eigenvalue weighted by molar-refractivity contribution is -0.122. The number of hydrogen-bond donors (Lipinski definition) is 1. The third-order valence-corrected chi connectivity index (χ3v) is 5.01. The Balaban J connectivity index is 1.30. The zero-order valence-electron chi connectivity index (χ0n) is 15.5. The van der Waals surface area contributed by atoms with Gasteiger partial charge in [0.15, 0.2) is 0 Å². The van der Waals surface area contributed by atoms with E-state index in [1.165, 1.54) is 10.9 Å². The highest BCUT2D eigenvalue weighted by Gasteiger charge is 2.24. The lowest BCUT2D eigenvalue weighted by Gasteiger charge is -2.29. The molecule has 4 rings (SSSR count). The first-order valence-electron chi connectivity index (χ1n) is 9.50. The van der Waals surface area contributed by atoms with Gasteiger partial charge in [-0.05, 0) is 43.9 Å². The normalized spacial score (nSPS) is 19.3. The summed E-state index contributed by atoms with van der Waals surface area (Å²) < 4.78 is 7.24. The topological polar surface area (TPSA) is 86.1 Å². The molecule has 1 aliphatic rings. The van der Waals surface area contributed by atoms with Crippen molar-refractivity contribution >= 4 is 16.8 Å². The number of nitrogens with zero attached hydrogens (tertiary/aromatic N) is 3. The number of aromatic nitrogens is 3. The summed E-state index contributed by atoms with van der Waals surface area (Å²) in [7, 11) is 0. The number of hydrogen-bond acceptors (Lipinski definition) is 5. The van der Waals surface area contributed by atoms with E-state index in [0.717, 1.165) is 25.7 Å². The summed E-state index contributed by atoms with van der Waals surface area (Å²) in [6, 6.07) is 12.8. The van der Waals surface area contributed by atoms with Crippen molar-refractivity contribution in [3.8, 4) is 5.88 Å². The van der Waals surface area contributed by atoms with Gasteiger partial charge >= 0.3 is 0 Å². The van der Waals surface area contributed by atoms with Gasteiger partial charge in [-0.2, -0.15) is 0 Å². The Hall–Kier alpha value is -3.22. The smallest absolute Gasteiger partial charge is 0.261 e. The molecular weight excluding hydrogens is 356 g/mol. The van der Waals surface area contributed by atoms with Gasteiger partial charge in [0.2, 0.25) is 11.8 Å². The zero-order chi connectivity index (χ0) is 19.3. The highest BCUT2D eigenvalue weighted by atomic mass is 16.5. The molecule has 1 N–H and O–H groups in total. The number of carbonyl (C=O) groups is 1. The fourth-order valence-electron chi connectivity index (χ4n) is 3.56. The van der Waals surface area contributed by atoms with Gasteiger partial charge in [0, 0.05) is 18.3 Å². The molecular formula is C21H22N4O3. The fourth-order valence-corrected chi connectivity index (χ4v) is 3.56. The Kier molecular flexibility index (Phi) is 5.32. The quantitative estimate of drug-likeness (QED) is 0.736. The summed E-state index contributed by atoms with van der Waals surface area (Å²) in [6.07, 6.45) is 6.67. The van der Waals surface area contributed by atoms with Gasteiger partial charge in [0.1, 0.15) is 12.6 Å². The van der Waals surface area contributed by atoms with Gasteiger partial charge in [0.25, 0.3) is 5.56 Å². The largest absolute Gasteiger partial charge is 0.474 e. The Morgan fingerprint density at radius 1 is 1.07 bits per heavy atom. The van der Waals surface area contributed by atoms with Gasteiger partial charge in [-0.15, -0.1) is 0 Å². The average Bonchev–Trinajstić information content (AvgIpc) is 2.72. The number of carbonyl (C=O) groups excluding carboxylic acids is 1. The monoisotopic (exact) mass is 378 g/mol. The number of rotatable bonds is 5. The summed E-state index contributed by atoms with van der Waals surface area (Å²) in [5.74, 6) is 0.464. The molecule has 1 aliphatic carbocycles. The first-order chi connectivity index (χ1) is 13.7. The number of fused-ring (bicyclic) bond motifs is 1. The van der Waals surface area contributed by atoms with Crippen LogP contribution in [0.3, 0.4) is 0 Å². The second-order valence-electron chi connectivity index (χ2n) is 7.02. The predicted octanol–water partition coefficient (Wildman–Crippen LogP) is 2.30. The van der Waals surface area contributed by atoms with Crippen LogP contribution in [0.1, 0.15) is 25.7 Å². The van der Waals surface area contributed by atoms with Crippen LogP contribution in [0, 0.1) is 0 Å². The molecule has 2 aromatic heterocycles. The first-order valence-corrected chi connectivity index (χ1v) is 9.50. The molecule has 1 saturated carbocycles. The lowest BCUT2D eigenvalue weighted by Crippen LogP contribution is -2.42.